The number of aryl methyl sites for hydroxylation is 1. The molecule has 0 unspecified atom stereocenters. The maximum Gasteiger partial charge on any atom is 0.140 e. The van der Waals surface area contributed by atoms with Crippen LogP contribution in [0.5, 0.6) is 0 Å². The van der Waals surface area contributed by atoms with Crippen molar-refractivity contribution in [3.63, 3.8) is 0 Å². The lowest BCUT2D eigenvalue weighted by molar-refractivity contribution is 0.333. The van der Waals surface area contributed by atoms with E-state index in [-0.39, 0.29) is 0 Å². The van der Waals surface area contributed by atoms with E-state index in [9.17, 15) is 4.39 Å². The third-order valence-electron chi connectivity index (χ3n) is 6.28. The van der Waals surface area contributed by atoms with Crippen LogP contribution < -0.4 is 10.6 Å². The molecule has 1 aliphatic heterocycles. The van der Waals surface area contributed by atoms with Crippen molar-refractivity contribution in [2.75, 3.05) is 18.0 Å². The average Bonchev–Trinajstić information content (AvgIpc) is 3.44. The highest BCUT2D eigenvalue weighted by Gasteiger charge is 2.33. The Hall–Kier alpha value is -2.08. The molecule has 2 atom stereocenters. The molecule has 3 fully saturated rings. The highest BCUT2D eigenvalue weighted by Crippen LogP contribution is 2.35. The summed E-state index contributed by atoms with van der Waals surface area (Å²) in [7, 11) is 0. The minimum atomic E-state index is -1.01. The molecule has 0 bridgehead atoms. The fourth-order valence-electron chi connectivity index (χ4n) is 4.43. The van der Waals surface area contributed by atoms with Gasteiger partial charge >= 0.3 is 0 Å². The molecule has 0 spiro atoms. The second kappa shape index (κ2) is 7.07. The largest absolute Gasteiger partial charge is 0.351 e. The zero-order valence-electron chi connectivity index (χ0n) is 16.4. The normalized spacial score (nSPS) is 28.2. The SMILES string of the molecule is Cc1ccc2nc(C3CCC(=NC4CC4)CC3)nc(N3C[C@H](N)[C@@H](F)C3)c2c1. The topological polar surface area (TPSA) is 67.4 Å². The fourth-order valence-corrected chi connectivity index (χ4v) is 4.43. The maximum atomic E-state index is 14.1. The highest BCUT2D eigenvalue weighted by molar-refractivity contribution is 5.90. The van der Waals surface area contributed by atoms with Gasteiger partial charge in [0.05, 0.1) is 24.1 Å². The van der Waals surface area contributed by atoms with Gasteiger partial charge in [0, 0.05) is 23.6 Å². The number of halogens is 1. The van der Waals surface area contributed by atoms with Gasteiger partial charge in [-0.25, -0.2) is 14.4 Å². The molecular weight excluding hydrogens is 353 g/mol. The molecule has 2 aliphatic carbocycles. The molecule has 1 aromatic heterocycles. The summed E-state index contributed by atoms with van der Waals surface area (Å²) < 4.78 is 14.1. The molecule has 0 amide bonds. The van der Waals surface area contributed by atoms with Gasteiger partial charge in [-0.05, 0) is 57.6 Å². The van der Waals surface area contributed by atoms with Crippen LogP contribution in [0, 0.1) is 6.92 Å². The van der Waals surface area contributed by atoms with Gasteiger partial charge in [-0.15, -0.1) is 0 Å². The molecule has 5 nitrogen and oxygen atoms in total. The Morgan fingerprint density at radius 2 is 1.89 bits per heavy atom. The van der Waals surface area contributed by atoms with Crippen molar-refractivity contribution >= 4 is 22.4 Å². The molecule has 1 saturated heterocycles. The quantitative estimate of drug-likeness (QED) is 0.881. The first kappa shape index (κ1) is 18.0. The standard InChI is InChI=1S/C22H28FN5/c1-13-2-9-20-17(10-13)22(28-11-18(23)19(24)12-28)27-21(26-20)14-3-5-15(6-4-14)25-16-7-8-16/h2,9-10,14,16,18-19H,3-8,11-12,24H2,1H3/t14?,18-,19-/m0/s1. The lowest BCUT2D eigenvalue weighted by Gasteiger charge is -2.25. The molecule has 2 saturated carbocycles. The molecule has 6 heteroatoms. The van der Waals surface area contributed by atoms with Gasteiger partial charge in [-0.1, -0.05) is 11.6 Å². The summed E-state index contributed by atoms with van der Waals surface area (Å²) in [6.07, 6.45) is 5.71. The van der Waals surface area contributed by atoms with Gasteiger partial charge in [-0.3, -0.25) is 4.99 Å². The first-order valence-electron chi connectivity index (χ1n) is 10.6. The van der Waals surface area contributed by atoms with E-state index in [0.29, 0.717) is 25.0 Å². The predicted octanol–water partition coefficient (Wildman–Crippen LogP) is 3.68. The van der Waals surface area contributed by atoms with Crippen LogP contribution in [0.15, 0.2) is 23.2 Å². The number of rotatable bonds is 3. The van der Waals surface area contributed by atoms with Gasteiger partial charge in [0.25, 0.3) is 0 Å². The van der Waals surface area contributed by atoms with E-state index in [1.54, 1.807) is 0 Å². The number of nitrogens with two attached hydrogens (primary N) is 1. The minimum Gasteiger partial charge on any atom is -0.351 e. The van der Waals surface area contributed by atoms with Crippen molar-refractivity contribution < 1.29 is 4.39 Å². The van der Waals surface area contributed by atoms with Gasteiger partial charge in [0.15, 0.2) is 0 Å². The third kappa shape index (κ3) is 3.50. The number of nitrogens with zero attached hydrogens (tertiary/aromatic N) is 4. The van der Waals surface area contributed by atoms with Gasteiger partial charge in [0.1, 0.15) is 17.8 Å². The zero-order chi connectivity index (χ0) is 19.3. The number of anilines is 1. The van der Waals surface area contributed by atoms with Gasteiger partial charge in [-0.2, -0.15) is 0 Å². The van der Waals surface area contributed by atoms with Crippen LogP contribution in [0.25, 0.3) is 10.9 Å². The van der Waals surface area contributed by atoms with Gasteiger partial charge in [0.2, 0.25) is 0 Å². The molecule has 2 N–H and O–H groups in total. The van der Waals surface area contributed by atoms with E-state index in [2.05, 4.69) is 25.1 Å². The number of hydrogen-bond acceptors (Lipinski definition) is 5. The van der Waals surface area contributed by atoms with E-state index >= 15 is 0 Å². The second-order valence-corrected chi connectivity index (χ2v) is 8.71. The van der Waals surface area contributed by atoms with E-state index in [1.807, 2.05) is 4.90 Å². The van der Waals surface area contributed by atoms with Crippen LogP contribution in [0.4, 0.5) is 10.2 Å². The van der Waals surface area contributed by atoms with E-state index in [4.69, 9.17) is 20.7 Å². The Balaban J connectivity index is 1.47. The Labute approximate surface area is 165 Å². The molecular formula is C22H28FN5. The Morgan fingerprint density at radius 3 is 2.57 bits per heavy atom. The second-order valence-electron chi connectivity index (χ2n) is 8.71. The number of alkyl halides is 1. The smallest absolute Gasteiger partial charge is 0.140 e. The Morgan fingerprint density at radius 1 is 1.11 bits per heavy atom. The number of aromatic nitrogens is 2. The van der Waals surface area contributed by atoms with Crippen molar-refractivity contribution in [2.45, 2.75) is 69.6 Å². The molecule has 0 radical (unpaired) electrons. The van der Waals surface area contributed by atoms with Crippen molar-refractivity contribution in [3.8, 4) is 0 Å². The third-order valence-corrected chi connectivity index (χ3v) is 6.28. The molecule has 3 aliphatic rings. The summed E-state index contributed by atoms with van der Waals surface area (Å²) in [6.45, 7) is 2.87. The van der Waals surface area contributed by atoms with E-state index in [0.717, 1.165) is 53.8 Å². The maximum absolute atomic E-state index is 14.1. The van der Waals surface area contributed by atoms with Crippen LogP contribution in [0.3, 0.4) is 0 Å². The Bertz CT molecular complexity index is 903. The predicted molar refractivity (Wildman–Crippen MR) is 111 cm³/mol. The molecule has 5 rings (SSSR count). The number of benzene rings is 1. The van der Waals surface area contributed by atoms with Crippen molar-refractivity contribution in [3.05, 3.63) is 29.6 Å². The van der Waals surface area contributed by atoms with E-state index in [1.165, 1.54) is 18.6 Å². The van der Waals surface area contributed by atoms with Crippen LogP contribution in [-0.4, -0.2) is 47.0 Å². The molecule has 2 heterocycles. The fraction of sp³-hybridized carbons (Fsp3) is 0.591. The molecule has 1 aromatic carbocycles. The number of hydrogen-bond donors (Lipinski definition) is 1. The summed E-state index contributed by atoms with van der Waals surface area (Å²) in [6, 6.07) is 6.40. The van der Waals surface area contributed by atoms with Crippen LogP contribution in [0.2, 0.25) is 0 Å². The molecule has 28 heavy (non-hydrogen) atoms. The van der Waals surface area contributed by atoms with Crippen LogP contribution in [-0.2, 0) is 0 Å². The number of fused-ring (bicyclic) bond motifs is 1. The van der Waals surface area contributed by atoms with Crippen molar-refractivity contribution in [1.29, 1.82) is 0 Å². The number of aliphatic imine (C=N–C) groups is 1. The summed E-state index contributed by atoms with van der Waals surface area (Å²) >= 11 is 0. The van der Waals surface area contributed by atoms with Crippen molar-refractivity contribution in [2.24, 2.45) is 10.7 Å². The van der Waals surface area contributed by atoms with Crippen molar-refractivity contribution in [1.82, 2.24) is 9.97 Å². The first-order valence-corrected chi connectivity index (χ1v) is 10.6. The monoisotopic (exact) mass is 381 g/mol. The summed E-state index contributed by atoms with van der Waals surface area (Å²) in [5, 5.41) is 0.997. The lowest BCUT2D eigenvalue weighted by Crippen LogP contribution is -2.30. The van der Waals surface area contributed by atoms with Gasteiger partial charge < -0.3 is 10.6 Å². The summed E-state index contributed by atoms with van der Waals surface area (Å²) in [5.74, 6) is 2.09. The minimum absolute atomic E-state index is 0.309. The molecule has 148 valence electrons. The Kier molecular flexibility index (Phi) is 4.54. The highest BCUT2D eigenvalue weighted by atomic mass is 19.1. The average molecular weight is 381 g/mol. The summed E-state index contributed by atoms with van der Waals surface area (Å²) in [4.78, 5) is 16.7. The van der Waals surface area contributed by atoms with Crippen LogP contribution >= 0.6 is 0 Å². The molecule has 2 aromatic rings. The first-order chi connectivity index (χ1) is 13.6. The summed E-state index contributed by atoms with van der Waals surface area (Å²) in [5.41, 5.74) is 9.42. The lowest BCUT2D eigenvalue weighted by atomic mass is 9.87. The van der Waals surface area contributed by atoms with E-state index < -0.39 is 12.2 Å². The van der Waals surface area contributed by atoms with Crippen LogP contribution in [0.1, 0.15) is 55.8 Å². The zero-order valence-corrected chi connectivity index (χ0v) is 16.4.